The Morgan fingerprint density at radius 2 is 2.11 bits per heavy atom. The lowest BCUT2D eigenvalue weighted by Gasteiger charge is -2.11. The molecule has 0 unspecified atom stereocenters. The van der Waals surface area contributed by atoms with E-state index < -0.39 is 21.0 Å². The molecule has 0 aliphatic rings. The van der Waals surface area contributed by atoms with Crippen molar-refractivity contribution in [1.29, 1.82) is 0 Å². The number of benzene rings is 1. The number of nitrogens with zero attached hydrogens (tertiary/aromatic N) is 1. The fourth-order valence-electron chi connectivity index (χ4n) is 1.32. The molecule has 1 aromatic rings. The second-order valence-electron chi connectivity index (χ2n) is 3.91. The smallest absolute Gasteiger partial charge is 0.273 e. The number of nitro benzene ring substituents is 1. The predicted molar refractivity (Wildman–Crippen MR) is 64.7 cm³/mol. The minimum absolute atomic E-state index is 0.194. The molecule has 0 radical (unpaired) electrons. The Morgan fingerprint density at radius 1 is 1.50 bits per heavy atom. The number of aliphatic hydroxyl groups excluding tert-OH is 1. The molecule has 8 heteroatoms. The maximum atomic E-state index is 11.8. The van der Waals surface area contributed by atoms with Crippen LogP contribution in [0.1, 0.15) is 12.5 Å². The highest BCUT2D eigenvalue weighted by atomic mass is 32.2. The van der Waals surface area contributed by atoms with E-state index in [1.807, 2.05) is 0 Å². The van der Waals surface area contributed by atoms with Crippen molar-refractivity contribution in [2.75, 3.05) is 6.61 Å². The van der Waals surface area contributed by atoms with Crippen LogP contribution < -0.4 is 4.72 Å². The third-order valence-corrected chi connectivity index (χ3v) is 3.91. The average molecular weight is 274 g/mol. The van der Waals surface area contributed by atoms with Crippen LogP contribution in [0.2, 0.25) is 0 Å². The molecule has 1 aromatic carbocycles. The van der Waals surface area contributed by atoms with Gasteiger partial charge in [0, 0.05) is 17.7 Å². The Kier molecular flexibility index (Phi) is 4.38. The zero-order valence-electron chi connectivity index (χ0n) is 9.95. The van der Waals surface area contributed by atoms with Gasteiger partial charge in [0.1, 0.15) is 0 Å². The monoisotopic (exact) mass is 274 g/mol. The van der Waals surface area contributed by atoms with Gasteiger partial charge in [-0.05, 0) is 19.9 Å². The number of nitrogens with one attached hydrogen (secondary N) is 1. The van der Waals surface area contributed by atoms with Crippen LogP contribution in [0, 0.1) is 17.0 Å². The third kappa shape index (κ3) is 3.25. The Labute approximate surface area is 105 Å². The molecule has 100 valence electrons. The Hall–Kier alpha value is -1.51. The molecule has 18 heavy (non-hydrogen) atoms. The third-order valence-electron chi connectivity index (χ3n) is 2.32. The van der Waals surface area contributed by atoms with Crippen molar-refractivity contribution in [3.05, 3.63) is 33.9 Å². The lowest BCUT2D eigenvalue weighted by Crippen LogP contribution is -2.35. The first kappa shape index (κ1) is 14.6. The summed E-state index contributed by atoms with van der Waals surface area (Å²) in [5.74, 6) is 0. The molecule has 1 rings (SSSR count). The maximum Gasteiger partial charge on any atom is 0.273 e. The quantitative estimate of drug-likeness (QED) is 0.602. The summed E-state index contributed by atoms with van der Waals surface area (Å²) in [5.41, 5.74) is 0.128. The van der Waals surface area contributed by atoms with Crippen molar-refractivity contribution in [1.82, 2.24) is 4.72 Å². The van der Waals surface area contributed by atoms with Crippen LogP contribution in [0.15, 0.2) is 23.1 Å². The largest absolute Gasteiger partial charge is 0.395 e. The molecule has 2 N–H and O–H groups in total. The number of aliphatic hydroxyl groups is 1. The van der Waals surface area contributed by atoms with Crippen molar-refractivity contribution in [3.8, 4) is 0 Å². The zero-order valence-corrected chi connectivity index (χ0v) is 10.8. The Morgan fingerprint density at radius 3 is 2.61 bits per heavy atom. The van der Waals surface area contributed by atoms with Gasteiger partial charge in [-0.25, -0.2) is 13.1 Å². The molecule has 0 saturated heterocycles. The minimum atomic E-state index is -3.86. The van der Waals surface area contributed by atoms with Gasteiger partial charge in [0.15, 0.2) is 0 Å². The number of aryl methyl sites for hydroxylation is 1. The lowest BCUT2D eigenvalue weighted by molar-refractivity contribution is -0.385. The molecule has 1 atom stereocenters. The number of rotatable bonds is 5. The van der Waals surface area contributed by atoms with Crippen LogP contribution in [0.5, 0.6) is 0 Å². The fourth-order valence-corrected chi connectivity index (χ4v) is 2.58. The molecule has 0 saturated carbocycles. The van der Waals surface area contributed by atoms with Crippen molar-refractivity contribution in [2.45, 2.75) is 24.8 Å². The number of hydrogen-bond donors (Lipinski definition) is 2. The van der Waals surface area contributed by atoms with E-state index in [0.29, 0.717) is 5.56 Å². The molecule has 0 fully saturated rings. The SMILES string of the molecule is Cc1ccc(S(=O)(=O)N[C@H](C)CO)cc1[N+](=O)[O-]. The van der Waals surface area contributed by atoms with Crippen LogP contribution in [0.3, 0.4) is 0 Å². The standard InChI is InChI=1S/C10H14N2O5S/c1-7-3-4-9(5-10(7)12(14)15)18(16,17)11-8(2)6-13/h3-5,8,11,13H,6H2,1-2H3/t8-/m1/s1. The summed E-state index contributed by atoms with van der Waals surface area (Å²) in [7, 11) is -3.86. The van der Waals surface area contributed by atoms with Crippen molar-refractivity contribution in [2.24, 2.45) is 0 Å². The lowest BCUT2D eigenvalue weighted by atomic mass is 10.2. The van der Waals surface area contributed by atoms with Crippen molar-refractivity contribution in [3.63, 3.8) is 0 Å². The Balaban J connectivity index is 3.18. The highest BCUT2D eigenvalue weighted by Gasteiger charge is 2.21. The van der Waals surface area contributed by atoms with Gasteiger partial charge in [-0.2, -0.15) is 0 Å². The fraction of sp³-hybridized carbons (Fsp3) is 0.400. The number of nitro groups is 1. The molecule has 0 aromatic heterocycles. The van der Waals surface area contributed by atoms with E-state index in [0.717, 1.165) is 6.07 Å². The molecule has 0 aliphatic heterocycles. The van der Waals surface area contributed by atoms with Gasteiger partial charge in [-0.15, -0.1) is 0 Å². The van der Waals surface area contributed by atoms with E-state index in [1.54, 1.807) is 0 Å². The van der Waals surface area contributed by atoms with Crippen LogP contribution in [0.25, 0.3) is 0 Å². The van der Waals surface area contributed by atoms with E-state index in [9.17, 15) is 18.5 Å². The molecular formula is C10H14N2O5S. The Bertz CT molecular complexity index is 555. The van der Waals surface area contributed by atoms with E-state index in [1.165, 1.54) is 26.0 Å². The van der Waals surface area contributed by atoms with Gasteiger partial charge in [0.2, 0.25) is 10.0 Å². The second kappa shape index (κ2) is 5.42. The molecule has 0 heterocycles. The molecule has 0 bridgehead atoms. The number of sulfonamides is 1. The molecule has 0 aliphatic carbocycles. The number of hydrogen-bond acceptors (Lipinski definition) is 5. The van der Waals surface area contributed by atoms with E-state index in [2.05, 4.69) is 4.72 Å². The van der Waals surface area contributed by atoms with Gasteiger partial charge in [0.05, 0.1) is 16.4 Å². The van der Waals surface area contributed by atoms with Gasteiger partial charge >= 0.3 is 0 Å². The van der Waals surface area contributed by atoms with Crippen LogP contribution in [0.4, 0.5) is 5.69 Å². The summed E-state index contributed by atoms with van der Waals surface area (Å²) >= 11 is 0. The summed E-state index contributed by atoms with van der Waals surface area (Å²) in [6, 6.07) is 3.00. The summed E-state index contributed by atoms with van der Waals surface area (Å²) in [5, 5.41) is 19.5. The second-order valence-corrected chi connectivity index (χ2v) is 5.62. The summed E-state index contributed by atoms with van der Waals surface area (Å²) in [6.45, 7) is 2.66. The van der Waals surface area contributed by atoms with Gasteiger partial charge < -0.3 is 5.11 Å². The van der Waals surface area contributed by atoms with Crippen molar-refractivity contribution < 1.29 is 18.4 Å². The molecule has 7 nitrogen and oxygen atoms in total. The van der Waals surface area contributed by atoms with Crippen LogP contribution in [-0.4, -0.2) is 31.1 Å². The average Bonchev–Trinajstić information content (AvgIpc) is 2.28. The zero-order chi connectivity index (χ0) is 13.9. The topological polar surface area (TPSA) is 110 Å². The highest BCUT2D eigenvalue weighted by molar-refractivity contribution is 7.89. The molecule has 0 amide bonds. The maximum absolute atomic E-state index is 11.8. The van der Waals surface area contributed by atoms with Gasteiger partial charge in [-0.3, -0.25) is 10.1 Å². The van der Waals surface area contributed by atoms with Crippen LogP contribution >= 0.6 is 0 Å². The minimum Gasteiger partial charge on any atom is -0.395 e. The first-order valence-electron chi connectivity index (χ1n) is 5.16. The summed E-state index contributed by atoms with van der Waals surface area (Å²) in [4.78, 5) is 9.90. The van der Waals surface area contributed by atoms with E-state index in [-0.39, 0.29) is 17.2 Å². The van der Waals surface area contributed by atoms with Gasteiger partial charge in [0.25, 0.3) is 5.69 Å². The first-order chi connectivity index (χ1) is 8.27. The molecule has 0 spiro atoms. The first-order valence-corrected chi connectivity index (χ1v) is 6.64. The normalized spacial score (nSPS) is 13.3. The highest BCUT2D eigenvalue weighted by Crippen LogP contribution is 2.22. The van der Waals surface area contributed by atoms with E-state index in [4.69, 9.17) is 5.11 Å². The predicted octanol–water partition coefficient (Wildman–Crippen LogP) is 0.562. The summed E-state index contributed by atoms with van der Waals surface area (Å²) in [6.07, 6.45) is 0. The summed E-state index contributed by atoms with van der Waals surface area (Å²) < 4.78 is 25.9. The van der Waals surface area contributed by atoms with Crippen molar-refractivity contribution >= 4 is 15.7 Å². The van der Waals surface area contributed by atoms with Gasteiger partial charge in [-0.1, -0.05) is 6.07 Å². The molecular weight excluding hydrogens is 260 g/mol. The van der Waals surface area contributed by atoms with Crippen LogP contribution in [-0.2, 0) is 10.0 Å². The van der Waals surface area contributed by atoms with E-state index >= 15 is 0 Å².